The lowest BCUT2D eigenvalue weighted by atomic mass is 9.57. The SMILES string of the molecule is CCNC(=NCc1ccc(C#N)cc1F)NC1C2CCOC2C1(C)C. The molecule has 2 N–H and O–H groups in total. The largest absolute Gasteiger partial charge is 0.377 e. The molecule has 3 rings (SSSR count). The Balaban J connectivity index is 1.71. The van der Waals surface area contributed by atoms with E-state index in [-0.39, 0.29) is 12.0 Å². The standard InChI is InChI=1S/C19H25FN4O/c1-4-22-18(23-11-13-6-5-12(10-21)9-15(13)20)24-16-14-7-8-25-17(14)19(16,2)3/h5-6,9,14,16-17H,4,7-8,11H2,1-3H3,(H2,22,23,24). The zero-order valence-corrected chi connectivity index (χ0v) is 15.0. The number of guanidine groups is 1. The van der Waals surface area contributed by atoms with Crippen LogP contribution in [-0.2, 0) is 11.3 Å². The van der Waals surface area contributed by atoms with E-state index >= 15 is 0 Å². The quantitative estimate of drug-likeness (QED) is 0.651. The first-order valence-electron chi connectivity index (χ1n) is 8.82. The van der Waals surface area contributed by atoms with Crippen LogP contribution in [0.25, 0.3) is 0 Å². The summed E-state index contributed by atoms with van der Waals surface area (Å²) in [6, 6.07) is 6.72. The normalized spacial score (nSPS) is 27.2. The molecule has 134 valence electrons. The average molecular weight is 344 g/mol. The maximum atomic E-state index is 14.0. The number of benzene rings is 1. The third kappa shape index (κ3) is 3.34. The molecule has 0 bridgehead atoms. The van der Waals surface area contributed by atoms with Gasteiger partial charge in [0.15, 0.2) is 5.96 Å². The summed E-state index contributed by atoms with van der Waals surface area (Å²) in [6.07, 6.45) is 1.37. The topological polar surface area (TPSA) is 69.4 Å². The van der Waals surface area contributed by atoms with Gasteiger partial charge in [-0.2, -0.15) is 5.26 Å². The Morgan fingerprint density at radius 3 is 2.96 bits per heavy atom. The predicted octanol–water partition coefficient (Wildman–Crippen LogP) is 2.57. The second kappa shape index (κ2) is 7.01. The molecule has 3 unspecified atom stereocenters. The van der Waals surface area contributed by atoms with E-state index in [9.17, 15) is 4.39 Å². The zero-order chi connectivity index (χ0) is 18.0. The summed E-state index contributed by atoms with van der Waals surface area (Å²) in [6.45, 7) is 8.21. The molecule has 5 nitrogen and oxygen atoms in total. The van der Waals surface area contributed by atoms with Gasteiger partial charge >= 0.3 is 0 Å². The molecule has 0 aromatic heterocycles. The molecular weight excluding hydrogens is 319 g/mol. The number of hydrogen-bond donors (Lipinski definition) is 2. The van der Waals surface area contributed by atoms with E-state index in [1.807, 2.05) is 13.0 Å². The zero-order valence-electron chi connectivity index (χ0n) is 15.0. The minimum atomic E-state index is -0.396. The summed E-state index contributed by atoms with van der Waals surface area (Å²) in [4.78, 5) is 4.53. The lowest BCUT2D eigenvalue weighted by molar-refractivity contribution is -0.106. The first-order valence-corrected chi connectivity index (χ1v) is 8.82. The monoisotopic (exact) mass is 344 g/mol. The minimum Gasteiger partial charge on any atom is -0.377 e. The molecule has 25 heavy (non-hydrogen) atoms. The fraction of sp³-hybridized carbons (Fsp3) is 0.579. The Hall–Kier alpha value is -2.13. The van der Waals surface area contributed by atoms with Crippen LogP contribution >= 0.6 is 0 Å². The van der Waals surface area contributed by atoms with E-state index < -0.39 is 5.82 Å². The van der Waals surface area contributed by atoms with Crippen molar-refractivity contribution in [3.8, 4) is 6.07 Å². The summed E-state index contributed by atoms with van der Waals surface area (Å²) >= 11 is 0. The van der Waals surface area contributed by atoms with Crippen LogP contribution in [0.1, 0.15) is 38.3 Å². The molecule has 1 aliphatic heterocycles. The van der Waals surface area contributed by atoms with E-state index in [2.05, 4.69) is 29.5 Å². The molecule has 0 radical (unpaired) electrons. The van der Waals surface area contributed by atoms with Gasteiger partial charge in [0, 0.05) is 36.1 Å². The fourth-order valence-electron chi connectivity index (χ4n) is 3.99. The molecule has 6 heteroatoms. The third-order valence-corrected chi connectivity index (χ3v) is 5.33. The Morgan fingerprint density at radius 2 is 2.28 bits per heavy atom. The molecule has 2 aliphatic rings. The van der Waals surface area contributed by atoms with Gasteiger partial charge in [0.1, 0.15) is 5.82 Å². The number of hydrogen-bond acceptors (Lipinski definition) is 3. The maximum Gasteiger partial charge on any atom is 0.191 e. The Bertz CT molecular complexity index is 710. The number of nitrogens with zero attached hydrogens (tertiary/aromatic N) is 2. The number of aliphatic imine (C=N–C) groups is 1. The van der Waals surface area contributed by atoms with Gasteiger partial charge in [-0.3, -0.25) is 0 Å². The van der Waals surface area contributed by atoms with Crippen LogP contribution in [0.2, 0.25) is 0 Å². The van der Waals surface area contributed by atoms with Crippen LogP contribution in [-0.4, -0.2) is 31.3 Å². The van der Waals surface area contributed by atoms with Gasteiger partial charge in [0.25, 0.3) is 0 Å². The summed E-state index contributed by atoms with van der Waals surface area (Å²) in [5.74, 6) is 0.798. The van der Waals surface area contributed by atoms with Gasteiger partial charge in [-0.1, -0.05) is 19.9 Å². The Morgan fingerprint density at radius 1 is 1.48 bits per heavy atom. The summed E-state index contributed by atoms with van der Waals surface area (Å²) in [7, 11) is 0. The van der Waals surface area contributed by atoms with Crippen molar-refractivity contribution in [2.75, 3.05) is 13.2 Å². The van der Waals surface area contributed by atoms with Crippen molar-refractivity contribution in [1.29, 1.82) is 5.26 Å². The highest BCUT2D eigenvalue weighted by Gasteiger charge is 2.59. The molecule has 0 spiro atoms. The van der Waals surface area contributed by atoms with Gasteiger partial charge in [0.2, 0.25) is 0 Å². The van der Waals surface area contributed by atoms with Crippen molar-refractivity contribution in [3.63, 3.8) is 0 Å². The van der Waals surface area contributed by atoms with E-state index in [1.54, 1.807) is 12.1 Å². The molecular formula is C19H25FN4O. The third-order valence-electron chi connectivity index (χ3n) is 5.33. The number of fused-ring (bicyclic) bond motifs is 1. The van der Waals surface area contributed by atoms with E-state index in [1.165, 1.54) is 6.07 Å². The highest BCUT2D eigenvalue weighted by atomic mass is 19.1. The van der Waals surface area contributed by atoms with Crippen LogP contribution in [0.3, 0.4) is 0 Å². The molecule has 1 saturated heterocycles. The van der Waals surface area contributed by atoms with Crippen LogP contribution in [0.5, 0.6) is 0 Å². The van der Waals surface area contributed by atoms with Crippen molar-refractivity contribution in [2.24, 2.45) is 16.3 Å². The highest BCUT2D eigenvalue weighted by molar-refractivity contribution is 5.80. The van der Waals surface area contributed by atoms with Gasteiger partial charge in [-0.05, 0) is 25.5 Å². The lowest BCUT2D eigenvalue weighted by Gasteiger charge is -2.54. The highest BCUT2D eigenvalue weighted by Crippen LogP contribution is 2.52. The van der Waals surface area contributed by atoms with Crippen molar-refractivity contribution in [3.05, 3.63) is 35.1 Å². The molecule has 3 atom stereocenters. The molecule has 1 aliphatic carbocycles. The van der Waals surface area contributed by atoms with E-state index in [0.29, 0.717) is 35.2 Å². The number of halogens is 1. The summed E-state index contributed by atoms with van der Waals surface area (Å²) in [5.41, 5.74) is 0.849. The van der Waals surface area contributed by atoms with Gasteiger partial charge in [-0.25, -0.2) is 9.38 Å². The van der Waals surface area contributed by atoms with Gasteiger partial charge < -0.3 is 15.4 Å². The second-order valence-corrected chi connectivity index (χ2v) is 7.30. The maximum absolute atomic E-state index is 14.0. The van der Waals surface area contributed by atoms with Crippen LogP contribution in [0.15, 0.2) is 23.2 Å². The first-order chi connectivity index (χ1) is 12.0. The predicted molar refractivity (Wildman–Crippen MR) is 94.5 cm³/mol. The molecule has 1 aromatic carbocycles. The number of nitriles is 1. The van der Waals surface area contributed by atoms with Gasteiger partial charge in [-0.15, -0.1) is 0 Å². The molecule has 1 saturated carbocycles. The molecule has 2 fully saturated rings. The number of ether oxygens (including phenoxy) is 1. The van der Waals surface area contributed by atoms with Gasteiger partial charge in [0.05, 0.1) is 24.3 Å². The van der Waals surface area contributed by atoms with E-state index in [0.717, 1.165) is 19.6 Å². The number of nitrogens with one attached hydrogen (secondary N) is 2. The molecule has 1 aromatic rings. The molecule has 0 amide bonds. The fourth-order valence-corrected chi connectivity index (χ4v) is 3.99. The Kier molecular flexibility index (Phi) is 4.96. The second-order valence-electron chi connectivity index (χ2n) is 7.30. The summed E-state index contributed by atoms with van der Waals surface area (Å²) < 4.78 is 19.9. The average Bonchev–Trinajstić information content (AvgIpc) is 3.05. The van der Waals surface area contributed by atoms with E-state index in [4.69, 9.17) is 10.00 Å². The van der Waals surface area contributed by atoms with Crippen molar-refractivity contribution in [2.45, 2.75) is 45.9 Å². The van der Waals surface area contributed by atoms with Crippen LogP contribution in [0.4, 0.5) is 4.39 Å². The minimum absolute atomic E-state index is 0.0526. The smallest absolute Gasteiger partial charge is 0.191 e. The summed E-state index contributed by atoms with van der Waals surface area (Å²) in [5, 5.41) is 15.6. The van der Waals surface area contributed by atoms with Crippen LogP contribution < -0.4 is 10.6 Å². The first kappa shape index (κ1) is 17.7. The van der Waals surface area contributed by atoms with Crippen molar-refractivity contribution in [1.82, 2.24) is 10.6 Å². The molecule has 1 heterocycles. The van der Waals surface area contributed by atoms with Crippen molar-refractivity contribution >= 4 is 5.96 Å². The van der Waals surface area contributed by atoms with Crippen LogP contribution in [0, 0.1) is 28.5 Å². The van der Waals surface area contributed by atoms with Crippen molar-refractivity contribution < 1.29 is 9.13 Å². The number of rotatable bonds is 4. The lowest BCUT2D eigenvalue weighted by Crippen LogP contribution is -2.67. The Labute approximate surface area is 148 Å².